The summed E-state index contributed by atoms with van der Waals surface area (Å²) in [5, 5.41) is 23.8. The van der Waals surface area contributed by atoms with Gasteiger partial charge in [-0.15, -0.1) is 0 Å². The summed E-state index contributed by atoms with van der Waals surface area (Å²) >= 11 is 5.59. The molecule has 0 aromatic rings. The van der Waals surface area contributed by atoms with Crippen LogP contribution in [0.25, 0.3) is 0 Å². The molecule has 1 heterocycles. The lowest BCUT2D eigenvalue weighted by molar-refractivity contribution is -0.149. The molecule has 0 bridgehead atoms. The lowest BCUT2D eigenvalue weighted by Crippen LogP contribution is -2.58. The molecule has 10 nitrogen and oxygen atoms in total. The molecule has 0 aliphatic carbocycles. The topological polar surface area (TPSA) is 162 Å². The first kappa shape index (κ1) is 25.5. The molecule has 1 rings (SSSR count). The van der Waals surface area contributed by atoms with Gasteiger partial charge in [0.05, 0.1) is 6.10 Å². The second kappa shape index (κ2) is 12.3. The van der Waals surface area contributed by atoms with Crippen molar-refractivity contribution < 1.29 is 29.4 Å². The van der Waals surface area contributed by atoms with Crippen LogP contribution >= 0.6 is 24.4 Å². The van der Waals surface area contributed by atoms with Crippen molar-refractivity contribution in [3.05, 3.63) is 0 Å². The number of thioether (sulfide) groups is 1. The number of nitrogens with one attached hydrogen (secondary N) is 2. The van der Waals surface area contributed by atoms with E-state index in [1.54, 1.807) is 0 Å². The van der Waals surface area contributed by atoms with Crippen molar-refractivity contribution in [2.45, 2.75) is 56.5 Å². The summed E-state index contributed by atoms with van der Waals surface area (Å²) in [6, 6.07) is -4.09. The van der Waals surface area contributed by atoms with Gasteiger partial charge in [-0.25, -0.2) is 4.79 Å². The van der Waals surface area contributed by atoms with E-state index in [1.165, 1.54) is 23.6 Å². The van der Waals surface area contributed by atoms with Gasteiger partial charge in [-0.05, 0) is 38.2 Å². The molecule has 29 heavy (non-hydrogen) atoms. The number of aliphatic carboxylic acids is 1. The van der Waals surface area contributed by atoms with Crippen LogP contribution in [0, 0.1) is 0 Å². The van der Waals surface area contributed by atoms with Crippen LogP contribution in [0.15, 0.2) is 0 Å². The smallest absolute Gasteiger partial charge is 0.326 e. The first-order valence-corrected chi connectivity index (χ1v) is 11.3. The van der Waals surface area contributed by atoms with Crippen molar-refractivity contribution in [2.75, 3.05) is 24.3 Å². The molecule has 0 radical (unpaired) electrons. The van der Waals surface area contributed by atoms with E-state index in [0.717, 1.165) is 0 Å². The average Bonchev–Trinajstić information content (AvgIpc) is 3.17. The first-order valence-electron chi connectivity index (χ1n) is 9.31. The van der Waals surface area contributed by atoms with Crippen molar-refractivity contribution in [3.63, 3.8) is 0 Å². The Bertz CT molecular complexity index is 606. The zero-order chi connectivity index (χ0) is 22.1. The summed E-state index contributed by atoms with van der Waals surface area (Å²) in [6.45, 7) is 1.66. The third kappa shape index (κ3) is 7.36. The normalized spacial score (nSPS) is 20.4. The fourth-order valence-electron chi connectivity index (χ4n) is 2.94. The van der Waals surface area contributed by atoms with E-state index in [9.17, 15) is 29.4 Å². The highest BCUT2D eigenvalue weighted by Crippen LogP contribution is 2.19. The summed E-state index contributed by atoms with van der Waals surface area (Å²) in [4.78, 5) is 50.2. The standard InChI is InChI=1S/C17H30N4O6S2/c1-9(22)13(18)15(24)19-10(5-7-29-2)14(23)20-11(8-28)16(25)21-6-3-4-12(21)17(26)27/h9-13,22,28H,3-8,18H2,1-2H3,(H,19,24)(H,20,23)(H,26,27). The van der Waals surface area contributed by atoms with E-state index in [4.69, 9.17) is 5.73 Å². The maximum atomic E-state index is 12.7. The number of thiol groups is 1. The monoisotopic (exact) mass is 450 g/mol. The average molecular weight is 451 g/mol. The number of carboxylic acids is 1. The molecule has 5 unspecified atom stereocenters. The van der Waals surface area contributed by atoms with E-state index in [1.807, 2.05) is 6.26 Å². The molecule has 1 aliphatic rings. The van der Waals surface area contributed by atoms with E-state index < -0.39 is 54.0 Å². The number of aliphatic hydroxyl groups excluding tert-OH is 1. The zero-order valence-corrected chi connectivity index (χ0v) is 18.2. The highest BCUT2D eigenvalue weighted by atomic mass is 32.2. The van der Waals surface area contributed by atoms with E-state index in [-0.39, 0.29) is 5.75 Å². The summed E-state index contributed by atoms with van der Waals surface area (Å²) < 4.78 is 0. The van der Waals surface area contributed by atoms with Gasteiger partial charge in [-0.3, -0.25) is 14.4 Å². The second-order valence-corrected chi connectivity index (χ2v) is 8.23. The number of hydrogen-bond donors (Lipinski definition) is 6. The number of amides is 3. The van der Waals surface area contributed by atoms with Crippen LogP contribution in [0.5, 0.6) is 0 Å². The van der Waals surface area contributed by atoms with Crippen molar-refractivity contribution in [3.8, 4) is 0 Å². The minimum Gasteiger partial charge on any atom is -0.480 e. The molecule has 5 atom stereocenters. The second-order valence-electron chi connectivity index (χ2n) is 6.88. The molecule has 12 heteroatoms. The number of nitrogens with zero attached hydrogens (tertiary/aromatic N) is 1. The number of carboxylic acid groups (broad SMARTS) is 1. The minimum absolute atomic E-state index is 0.0240. The highest BCUT2D eigenvalue weighted by molar-refractivity contribution is 7.98. The number of hydrogen-bond acceptors (Lipinski definition) is 8. The highest BCUT2D eigenvalue weighted by Gasteiger charge is 2.38. The van der Waals surface area contributed by atoms with Crippen molar-refractivity contribution in [1.82, 2.24) is 15.5 Å². The van der Waals surface area contributed by atoms with Crippen molar-refractivity contribution >= 4 is 48.1 Å². The predicted molar refractivity (Wildman–Crippen MR) is 113 cm³/mol. The fourth-order valence-corrected chi connectivity index (χ4v) is 3.66. The number of aliphatic hydroxyl groups is 1. The number of carbonyl (C=O) groups excluding carboxylic acids is 3. The molecule has 3 amide bonds. The van der Waals surface area contributed by atoms with Crippen LogP contribution < -0.4 is 16.4 Å². The molecule has 166 valence electrons. The largest absolute Gasteiger partial charge is 0.480 e. The summed E-state index contributed by atoms with van der Waals surface area (Å²) in [7, 11) is 0. The van der Waals surface area contributed by atoms with E-state index in [0.29, 0.717) is 31.6 Å². The van der Waals surface area contributed by atoms with Gasteiger partial charge in [0.1, 0.15) is 24.2 Å². The van der Waals surface area contributed by atoms with Gasteiger partial charge in [0.25, 0.3) is 0 Å². The van der Waals surface area contributed by atoms with Crippen molar-refractivity contribution in [2.24, 2.45) is 5.73 Å². The number of rotatable bonds is 11. The van der Waals surface area contributed by atoms with Gasteiger partial charge in [0.15, 0.2) is 0 Å². The Morgan fingerprint density at radius 2 is 1.86 bits per heavy atom. The Kier molecular flexibility index (Phi) is 10.8. The maximum Gasteiger partial charge on any atom is 0.326 e. The predicted octanol–water partition coefficient (Wildman–Crippen LogP) is -1.58. The molecule has 1 fully saturated rings. The molecule has 0 spiro atoms. The Morgan fingerprint density at radius 1 is 1.24 bits per heavy atom. The molecular formula is C17H30N4O6S2. The molecule has 6 N–H and O–H groups in total. The Morgan fingerprint density at radius 3 is 2.38 bits per heavy atom. The Labute approximate surface area is 179 Å². The summed E-state index contributed by atoms with van der Waals surface area (Å²) in [5.41, 5.74) is 5.61. The lowest BCUT2D eigenvalue weighted by atomic mass is 10.1. The molecule has 0 saturated carbocycles. The summed E-state index contributed by atoms with van der Waals surface area (Å²) in [5.74, 6) is -2.34. The van der Waals surface area contributed by atoms with Crippen LogP contribution in [0.3, 0.4) is 0 Å². The first-order chi connectivity index (χ1) is 13.6. The van der Waals surface area contributed by atoms with Crippen LogP contribution in [0.1, 0.15) is 26.2 Å². The number of likely N-dealkylation sites (tertiary alicyclic amines) is 1. The van der Waals surface area contributed by atoms with Gasteiger partial charge in [-0.1, -0.05) is 0 Å². The van der Waals surface area contributed by atoms with Gasteiger partial charge in [-0.2, -0.15) is 24.4 Å². The molecule has 0 aromatic carbocycles. The van der Waals surface area contributed by atoms with Crippen molar-refractivity contribution in [1.29, 1.82) is 0 Å². The van der Waals surface area contributed by atoms with Crippen LogP contribution in [0.2, 0.25) is 0 Å². The lowest BCUT2D eigenvalue weighted by Gasteiger charge is -2.28. The zero-order valence-electron chi connectivity index (χ0n) is 16.5. The van der Waals surface area contributed by atoms with Crippen LogP contribution in [-0.4, -0.2) is 93.4 Å². The third-order valence-electron chi connectivity index (χ3n) is 4.68. The minimum atomic E-state index is -1.19. The molecule has 1 aliphatic heterocycles. The van der Waals surface area contributed by atoms with Gasteiger partial charge in [0, 0.05) is 12.3 Å². The Balaban J connectivity index is 2.85. The van der Waals surface area contributed by atoms with E-state index >= 15 is 0 Å². The van der Waals surface area contributed by atoms with Gasteiger partial charge < -0.3 is 31.5 Å². The Hall–Kier alpha value is -1.50. The number of nitrogens with two attached hydrogens (primary N) is 1. The molecule has 0 aromatic heterocycles. The number of carbonyl (C=O) groups is 4. The van der Waals surface area contributed by atoms with E-state index in [2.05, 4.69) is 23.3 Å². The summed E-state index contributed by atoms with van der Waals surface area (Å²) in [6.07, 6.45) is 1.98. The van der Waals surface area contributed by atoms with Gasteiger partial charge >= 0.3 is 5.97 Å². The molecular weight excluding hydrogens is 420 g/mol. The molecule has 1 saturated heterocycles. The van der Waals surface area contributed by atoms with Gasteiger partial charge in [0.2, 0.25) is 17.7 Å². The quantitative estimate of drug-likeness (QED) is 0.206. The third-order valence-corrected chi connectivity index (χ3v) is 5.69. The van der Waals surface area contributed by atoms with Crippen LogP contribution in [0.4, 0.5) is 0 Å². The maximum absolute atomic E-state index is 12.7. The SMILES string of the molecule is CSCCC(NC(=O)C(N)C(C)O)C(=O)NC(CS)C(=O)N1CCCC1C(=O)O. The fraction of sp³-hybridized carbons (Fsp3) is 0.765. The van der Waals surface area contributed by atoms with Crippen LogP contribution in [-0.2, 0) is 19.2 Å².